The van der Waals surface area contributed by atoms with Gasteiger partial charge in [0, 0.05) is 13.7 Å². The number of ether oxygens (including phenoxy) is 1. The van der Waals surface area contributed by atoms with Crippen molar-refractivity contribution in [2.24, 2.45) is 7.05 Å². The standard InChI is InChI=1S/C12H18N6O2S/c1-13-6-10-15-16-12(18(10)2)21-7-9-14-11(20-17-9)8-4-3-5-19-8/h8,13H,3-7H2,1-2H3. The maximum Gasteiger partial charge on any atom is 0.255 e. The summed E-state index contributed by atoms with van der Waals surface area (Å²) in [4.78, 5) is 4.39. The van der Waals surface area contributed by atoms with E-state index >= 15 is 0 Å². The zero-order chi connectivity index (χ0) is 14.7. The molecule has 2 aromatic rings. The Balaban J connectivity index is 1.60. The largest absolute Gasteiger partial charge is 0.368 e. The van der Waals surface area contributed by atoms with Crippen LogP contribution in [0, 0.1) is 0 Å². The Morgan fingerprint density at radius 3 is 3.10 bits per heavy atom. The lowest BCUT2D eigenvalue weighted by Gasteiger charge is -2.01. The summed E-state index contributed by atoms with van der Waals surface area (Å²) in [6.45, 7) is 1.46. The highest BCUT2D eigenvalue weighted by Crippen LogP contribution is 2.28. The molecule has 0 bridgehead atoms. The van der Waals surface area contributed by atoms with Crippen molar-refractivity contribution in [3.8, 4) is 0 Å². The van der Waals surface area contributed by atoms with E-state index in [0.29, 0.717) is 24.0 Å². The number of hydrogen-bond acceptors (Lipinski definition) is 8. The molecule has 114 valence electrons. The summed E-state index contributed by atoms with van der Waals surface area (Å²) in [6, 6.07) is 0. The van der Waals surface area contributed by atoms with E-state index in [0.717, 1.165) is 30.4 Å². The van der Waals surface area contributed by atoms with Crippen LogP contribution in [0.5, 0.6) is 0 Å². The van der Waals surface area contributed by atoms with Gasteiger partial charge in [-0.05, 0) is 19.9 Å². The van der Waals surface area contributed by atoms with Crippen LogP contribution in [0.4, 0.5) is 0 Å². The zero-order valence-corrected chi connectivity index (χ0v) is 12.9. The minimum absolute atomic E-state index is 0.0340. The number of nitrogens with zero attached hydrogens (tertiary/aromatic N) is 5. The molecule has 0 aromatic carbocycles. The number of rotatable bonds is 6. The van der Waals surface area contributed by atoms with Crippen LogP contribution >= 0.6 is 11.8 Å². The molecule has 0 radical (unpaired) electrons. The van der Waals surface area contributed by atoms with Crippen LogP contribution in [-0.4, -0.2) is 38.6 Å². The van der Waals surface area contributed by atoms with E-state index in [1.54, 1.807) is 0 Å². The first-order chi connectivity index (χ1) is 10.3. The third-order valence-electron chi connectivity index (χ3n) is 3.28. The molecule has 3 rings (SSSR count). The highest BCUT2D eigenvalue weighted by Gasteiger charge is 2.24. The first-order valence-corrected chi connectivity index (χ1v) is 7.86. The van der Waals surface area contributed by atoms with Crippen LogP contribution in [0.25, 0.3) is 0 Å². The second-order valence-corrected chi connectivity index (χ2v) is 5.77. The molecule has 1 aliphatic heterocycles. The molecule has 1 saturated heterocycles. The van der Waals surface area contributed by atoms with Gasteiger partial charge in [-0.1, -0.05) is 16.9 Å². The van der Waals surface area contributed by atoms with Gasteiger partial charge >= 0.3 is 0 Å². The molecule has 2 aromatic heterocycles. The number of aromatic nitrogens is 5. The first kappa shape index (κ1) is 14.5. The van der Waals surface area contributed by atoms with Crippen molar-refractivity contribution < 1.29 is 9.26 Å². The molecule has 0 saturated carbocycles. The Bertz CT molecular complexity index is 592. The van der Waals surface area contributed by atoms with Crippen molar-refractivity contribution in [3.05, 3.63) is 17.5 Å². The van der Waals surface area contributed by atoms with Crippen molar-refractivity contribution >= 4 is 11.8 Å². The van der Waals surface area contributed by atoms with Crippen molar-refractivity contribution in [1.82, 2.24) is 30.2 Å². The Morgan fingerprint density at radius 1 is 1.43 bits per heavy atom. The second kappa shape index (κ2) is 6.54. The Labute approximate surface area is 126 Å². The van der Waals surface area contributed by atoms with Crippen molar-refractivity contribution in [1.29, 1.82) is 0 Å². The highest BCUT2D eigenvalue weighted by atomic mass is 32.2. The number of hydrogen-bond donors (Lipinski definition) is 1. The highest BCUT2D eigenvalue weighted by molar-refractivity contribution is 7.98. The molecule has 9 heteroatoms. The van der Waals surface area contributed by atoms with Gasteiger partial charge in [-0.15, -0.1) is 10.2 Å². The second-order valence-electron chi connectivity index (χ2n) is 4.83. The molecule has 1 atom stereocenters. The third-order valence-corrected chi connectivity index (χ3v) is 4.30. The first-order valence-electron chi connectivity index (χ1n) is 6.87. The number of nitrogens with one attached hydrogen (secondary N) is 1. The van der Waals surface area contributed by atoms with E-state index in [1.807, 2.05) is 18.7 Å². The van der Waals surface area contributed by atoms with Gasteiger partial charge in [0.15, 0.2) is 11.0 Å². The molecule has 1 unspecified atom stereocenters. The summed E-state index contributed by atoms with van der Waals surface area (Å²) in [5.74, 6) is 2.73. The smallest absolute Gasteiger partial charge is 0.255 e. The van der Waals surface area contributed by atoms with Crippen LogP contribution in [0.1, 0.15) is 36.5 Å². The van der Waals surface area contributed by atoms with E-state index in [2.05, 4.69) is 25.7 Å². The molecule has 1 fully saturated rings. The molecule has 0 aliphatic carbocycles. The van der Waals surface area contributed by atoms with E-state index in [9.17, 15) is 0 Å². The molecule has 1 N–H and O–H groups in total. The summed E-state index contributed by atoms with van der Waals surface area (Å²) in [7, 11) is 3.83. The summed E-state index contributed by atoms with van der Waals surface area (Å²) in [6.07, 6.45) is 1.96. The molecule has 0 amide bonds. The lowest BCUT2D eigenvalue weighted by Crippen LogP contribution is -2.10. The minimum atomic E-state index is -0.0340. The Hall–Kier alpha value is -1.45. The fourth-order valence-corrected chi connectivity index (χ4v) is 2.91. The van der Waals surface area contributed by atoms with Gasteiger partial charge in [0.1, 0.15) is 11.9 Å². The minimum Gasteiger partial charge on any atom is -0.368 e. The average Bonchev–Trinajstić information content (AvgIpc) is 3.19. The van der Waals surface area contributed by atoms with Gasteiger partial charge in [0.05, 0.1) is 12.3 Å². The van der Waals surface area contributed by atoms with Crippen LogP contribution in [0.3, 0.4) is 0 Å². The van der Waals surface area contributed by atoms with Crippen molar-refractivity contribution in [3.63, 3.8) is 0 Å². The predicted molar refractivity (Wildman–Crippen MR) is 75.6 cm³/mol. The summed E-state index contributed by atoms with van der Waals surface area (Å²) < 4.78 is 12.7. The molecule has 21 heavy (non-hydrogen) atoms. The maximum atomic E-state index is 5.53. The van der Waals surface area contributed by atoms with Gasteiger partial charge in [-0.2, -0.15) is 4.98 Å². The number of thioether (sulfide) groups is 1. The van der Waals surface area contributed by atoms with Gasteiger partial charge in [0.25, 0.3) is 5.89 Å². The maximum absolute atomic E-state index is 5.53. The predicted octanol–water partition coefficient (Wildman–Crippen LogP) is 1.06. The third kappa shape index (κ3) is 3.25. The molecule has 0 spiro atoms. The normalized spacial score (nSPS) is 18.5. The van der Waals surface area contributed by atoms with Crippen molar-refractivity contribution in [2.75, 3.05) is 13.7 Å². The topological polar surface area (TPSA) is 90.9 Å². The lowest BCUT2D eigenvalue weighted by atomic mass is 10.2. The van der Waals surface area contributed by atoms with Gasteiger partial charge in [-0.25, -0.2) is 0 Å². The Morgan fingerprint density at radius 2 is 2.33 bits per heavy atom. The molecule has 1 aliphatic rings. The van der Waals surface area contributed by atoms with Crippen LogP contribution < -0.4 is 5.32 Å². The summed E-state index contributed by atoms with van der Waals surface area (Å²) in [5, 5.41) is 16.2. The monoisotopic (exact) mass is 310 g/mol. The van der Waals surface area contributed by atoms with Crippen LogP contribution in [0.15, 0.2) is 9.68 Å². The van der Waals surface area contributed by atoms with Gasteiger partial charge in [-0.3, -0.25) is 0 Å². The summed E-state index contributed by atoms with van der Waals surface area (Å²) in [5.41, 5.74) is 0. The van der Waals surface area contributed by atoms with Crippen LogP contribution in [0.2, 0.25) is 0 Å². The van der Waals surface area contributed by atoms with Gasteiger partial charge < -0.3 is 19.1 Å². The molecule has 3 heterocycles. The van der Waals surface area contributed by atoms with Crippen LogP contribution in [-0.2, 0) is 24.1 Å². The SMILES string of the molecule is CNCc1nnc(SCc2noc(C3CCCO3)n2)n1C. The molecule has 8 nitrogen and oxygen atoms in total. The molecular formula is C12H18N6O2S. The average molecular weight is 310 g/mol. The van der Waals surface area contributed by atoms with Crippen molar-refractivity contribution in [2.45, 2.75) is 36.4 Å². The van der Waals surface area contributed by atoms with E-state index in [4.69, 9.17) is 9.26 Å². The fourth-order valence-electron chi connectivity index (χ4n) is 2.14. The quantitative estimate of drug-likeness (QED) is 0.792. The molecular weight excluding hydrogens is 292 g/mol. The Kier molecular flexibility index (Phi) is 4.51. The van der Waals surface area contributed by atoms with E-state index in [-0.39, 0.29) is 6.10 Å². The zero-order valence-electron chi connectivity index (χ0n) is 12.1. The van der Waals surface area contributed by atoms with E-state index in [1.165, 1.54) is 11.8 Å². The lowest BCUT2D eigenvalue weighted by molar-refractivity contribution is 0.0835. The van der Waals surface area contributed by atoms with E-state index < -0.39 is 0 Å². The summed E-state index contributed by atoms with van der Waals surface area (Å²) >= 11 is 1.54. The van der Waals surface area contributed by atoms with Gasteiger partial charge in [0.2, 0.25) is 0 Å². The fraction of sp³-hybridized carbons (Fsp3) is 0.667.